The van der Waals surface area contributed by atoms with Gasteiger partial charge in [0, 0.05) is 56.6 Å². The van der Waals surface area contributed by atoms with Crippen LogP contribution in [0.15, 0.2) is 41.2 Å². The molecule has 5 rings (SSSR count). The van der Waals surface area contributed by atoms with Crippen molar-refractivity contribution < 1.29 is 9.32 Å². The molecule has 3 aromatic heterocycles. The van der Waals surface area contributed by atoms with E-state index in [9.17, 15) is 4.79 Å². The lowest BCUT2D eigenvalue weighted by Crippen LogP contribution is -2.49. The van der Waals surface area contributed by atoms with Crippen LogP contribution in [-0.4, -0.2) is 56.7 Å². The summed E-state index contributed by atoms with van der Waals surface area (Å²) in [5.41, 5.74) is 0.420. The Labute approximate surface area is 162 Å². The lowest BCUT2D eigenvalue weighted by Gasteiger charge is -2.35. The summed E-state index contributed by atoms with van der Waals surface area (Å²) in [4.78, 5) is 25.9. The first-order valence-electron chi connectivity index (χ1n) is 9.67. The Balaban J connectivity index is 1.27. The van der Waals surface area contributed by atoms with E-state index >= 15 is 0 Å². The van der Waals surface area contributed by atoms with Crippen LogP contribution in [0.5, 0.6) is 0 Å². The van der Waals surface area contributed by atoms with Crippen molar-refractivity contribution in [1.29, 1.82) is 0 Å². The van der Waals surface area contributed by atoms with E-state index in [1.807, 2.05) is 53.0 Å². The summed E-state index contributed by atoms with van der Waals surface area (Å²) in [7, 11) is 0. The van der Waals surface area contributed by atoms with Gasteiger partial charge in [0.2, 0.25) is 0 Å². The first-order chi connectivity index (χ1) is 13.7. The monoisotopic (exact) mass is 378 g/mol. The molecule has 4 heterocycles. The summed E-state index contributed by atoms with van der Waals surface area (Å²) in [6.07, 6.45) is 6.20. The standard InChI is InChI=1S/C20H22N6O2/c1-14-21-18(24-6-2-3-7-24)13-19(22-14)25-8-10-26(11-9-25)20(27)16-12-17(28-23-16)15-4-5-15/h2-3,6-7,12-13,15H,4-5,8-11H2,1H3. The van der Waals surface area contributed by atoms with Crippen molar-refractivity contribution in [3.63, 3.8) is 0 Å². The lowest BCUT2D eigenvalue weighted by molar-refractivity contribution is 0.0736. The number of carbonyl (C=O) groups is 1. The molecule has 0 spiro atoms. The van der Waals surface area contributed by atoms with E-state index in [0.717, 1.165) is 49.2 Å². The van der Waals surface area contributed by atoms with E-state index in [0.29, 0.717) is 24.7 Å². The minimum Gasteiger partial charge on any atom is -0.360 e. The maximum Gasteiger partial charge on any atom is 0.276 e. The molecule has 8 nitrogen and oxygen atoms in total. The Bertz CT molecular complexity index is 984. The number of anilines is 1. The van der Waals surface area contributed by atoms with Gasteiger partial charge in [-0.25, -0.2) is 9.97 Å². The minimum atomic E-state index is -0.0535. The zero-order valence-corrected chi connectivity index (χ0v) is 15.8. The lowest BCUT2D eigenvalue weighted by atomic mass is 10.2. The molecule has 1 aliphatic heterocycles. The van der Waals surface area contributed by atoms with Crippen LogP contribution < -0.4 is 4.90 Å². The van der Waals surface area contributed by atoms with Gasteiger partial charge in [0.15, 0.2) is 5.69 Å². The molecule has 0 N–H and O–H groups in total. The van der Waals surface area contributed by atoms with Crippen LogP contribution in [0, 0.1) is 6.92 Å². The van der Waals surface area contributed by atoms with E-state index in [4.69, 9.17) is 4.52 Å². The quantitative estimate of drug-likeness (QED) is 0.694. The molecular formula is C20H22N6O2. The van der Waals surface area contributed by atoms with Crippen LogP contribution in [0.2, 0.25) is 0 Å². The zero-order chi connectivity index (χ0) is 19.1. The molecule has 2 fully saturated rings. The van der Waals surface area contributed by atoms with Crippen LogP contribution in [-0.2, 0) is 0 Å². The number of rotatable bonds is 4. The third kappa shape index (κ3) is 3.26. The van der Waals surface area contributed by atoms with Gasteiger partial charge in [-0.15, -0.1) is 0 Å². The van der Waals surface area contributed by atoms with Gasteiger partial charge < -0.3 is 18.9 Å². The van der Waals surface area contributed by atoms with Crippen molar-refractivity contribution in [1.82, 2.24) is 24.6 Å². The smallest absolute Gasteiger partial charge is 0.276 e. The SMILES string of the molecule is Cc1nc(N2CCN(C(=O)c3cc(C4CC4)on3)CC2)cc(-n2cccc2)n1. The third-order valence-electron chi connectivity index (χ3n) is 5.30. The number of amides is 1. The minimum absolute atomic E-state index is 0.0535. The van der Waals surface area contributed by atoms with Crippen molar-refractivity contribution in [2.75, 3.05) is 31.1 Å². The Morgan fingerprint density at radius 2 is 1.75 bits per heavy atom. The van der Waals surface area contributed by atoms with Crippen molar-refractivity contribution in [2.24, 2.45) is 0 Å². The molecule has 0 radical (unpaired) electrons. The van der Waals surface area contributed by atoms with Crippen LogP contribution in [0.1, 0.15) is 40.8 Å². The number of aryl methyl sites for hydroxylation is 1. The molecule has 0 unspecified atom stereocenters. The summed E-state index contributed by atoms with van der Waals surface area (Å²) < 4.78 is 7.30. The van der Waals surface area contributed by atoms with Gasteiger partial charge in [0.1, 0.15) is 23.2 Å². The molecule has 1 saturated heterocycles. The molecule has 0 atom stereocenters. The first kappa shape index (κ1) is 17.0. The van der Waals surface area contributed by atoms with E-state index in [1.54, 1.807) is 0 Å². The molecule has 1 aliphatic carbocycles. The molecule has 8 heteroatoms. The number of aromatic nitrogens is 4. The fraction of sp³-hybridized carbons (Fsp3) is 0.400. The predicted octanol–water partition coefficient (Wildman–Crippen LogP) is 2.40. The summed E-state index contributed by atoms with van der Waals surface area (Å²) in [5, 5.41) is 3.98. The Kier molecular flexibility index (Phi) is 4.11. The van der Waals surface area contributed by atoms with E-state index in [2.05, 4.69) is 20.0 Å². The number of hydrogen-bond donors (Lipinski definition) is 0. The summed E-state index contributed by atoms with van der Waals surface area (Å²) >= 11 is 0. The second-order valence-electron chi connectivity index (χ2n) is 7.39. The second-order valence-corrected chi connectivity index (χ2v) is 7.39. The topological polar surface area (TPSA) is 80.3 Å². The van der Waals surface area contributed by atoms with E-state index < -0.39 is 0 Å². The summed E-state index contributed by atoms with van der Waals surface area (Å²) in [6, 6.07) is 7.74. The van der Waals surface area contributed by atoms with Gasteiger partial charge in [-0.05, 0) is 31.9 Å². The molecule has 2 aliphatic rings. The van der Waals surface area contributed by atoms with Gasteiger partial charge >= 0.3 is 0 Å². The summed E-state index contributed by atoms with van der Waals surface area (Å²) in [5.74, 6) is 3.72. The fourth-order valence-electron chi connectivity index (χ4n) is 3.57. The molecule has 0 bridgehead atoms. The van der Waals surface area contributed by atoms with Gasteiger partial charge in [0.25, 0.3) is 5.91 Å². The number of hydrogen-bond acceptors (Lipinski definition) is 6. The maximum absolute atomic E-state index is 12.7. The fourth-order valence-corrected chi connectivity index (χ4v) is 3.57. The first-order valence-corrected chi connectivity index (χ1v) is 9.67. The Hall–Kier alpha value is -3.16. The van der Waals surface area contributed by atoms with E-state index in [-0.39, 0.29) is 5.91 Å². The molecule has 3 aromatic rings. The molecule has 1 saturated carbocycles. The van der Waals surface area contributed by atoms with Gasteiger partial charge in [-0.3, -0.25) is 4.79 Å². The van der Waals surface area contributed by atoms with Gasteiger partial charge in [-0.1, -0.05) is 5.16 Å². The maximum atomic E-state index is 12.7. The molecule has 28 heavy (non-hydrogen) atoms. The van der Waals surface area contributed by atoms with Crippen molar-refractivity contribution in [2.45, 2.75) is 25.7 Å². The Morgan fingerprint density at radius 1 is 1.04 bits per heavy atom. The number of piperazine rings is 1. The average Bonchev–Trinajstić information content (AvgIpc) is 3.21. The average molecular weight is 378 g/mol. The highest BCUT2D eigenvalue weighted by Crippen LogP contribution is 2.40. The molecular weight excluding hydrogens is 356 g/mol. The van der Waals surface area contributed by atoms with Crippen molar-refractivity contribution in [3.8, 4) is 5.82 Å². The highest BCUT2D eigenvalue weighted by atomic mass is 16.5. The molecule has 144 valence electrons. The van der Waals surface area contributed by atoms with Gasteiger partial charge in [-0.2, -0.15) is 0 Å². The van der Waals surface area contributed by atoms with Crippen LogP contribution in [0.4, 0.5) is 5.82 Å². The second kappa shape index (κ2) is 6.78. The van der Waals surface area contributed by atoms with Crippen LogP contribution in [0.25, 0.3) is 5.82 Å². The zero-order valence-electron chi connectivity index (χ0n) is 15.8. The van der Waals surface area contributed by atoms with Crippen LogP contribution >= 0.6 is 0 Å². The van der Waals surface area contributed by atoms with Crippen LogP contribution in [0.3, 0.4) is 0 Å². The number of carbonyl (C=O) groups excluding carboxylic acids is 1. The predicted molar refractivity (Wildman–Crippen MR) is 103 cm³/mol. The molecule has 1 amide bonds. The molecule has 0 aromatic carbocycles. The van der Waals surface area contributed by atoms with Gasteiger partial charge in [0.05, 0.1) is 0 Å². The highest BCUT2D eigenvalue weighted by molar-refractivity contribution is 5.92. The van der Waals surface area contributed by atoms with E-state index in [1.165, 1.54) is 0 Å². The van der Waals surface area contributed by atoms with Crippen molar-refractivity contribution >= 4 is 11.7 Å². The third-order valence-corrected chi connectivity index (χ3v) is 5.30. The highest BCUT2D eigenvalue weighted by Gasteiger charge is 2.31. The van der Waals surface area contributed by atoms with Crippen molar-refractivity contribution in [3.05, 3.63) is 53.9 Å². The normalized spacial score (nSPS) is 17.2. The Morgan fingerprint density at radius 3 is 2.46 bits per heavy atom. The summed E-state index contributed by atoms with van der Waals surface area (Å²) in [6.45, 7) is 4.61. The number of nitrogens with zero attached hydrogens (tertiary/aromatic N) is 6. The largest absolute Gasteiger partial charge is 0.360 e.